The fourth-order valence-corrected chi connectivity index (χ4v) is 11.5. The van der Waals surface area contributed by atoms with Crippen LogP contribution in [0.1, 0.15) is 155 Å². The average Bonchev–Trinajstić information content (AvgIpc) is 3.29. The van der Waals surface area contributed by atoms with Crippen LogP contribution in [-0.4, -0.2) is 6.71 Å². The van der Waals surface area contributed by atoms with E-state index in [0.717, 1.165) is 12.8 Å². The van der Waals surface area contributed by atoms with Crippen LogP contribution in [-0.2, 0) is 27.1 Å². The van der Waals surface area contributed by atoms with Gasteiger partial charge < -0.3 is 9.80 Å². The Labute approximate surface area is 403 Å². The van der Waals surface area contributed by atoms with Crippen molar-refractivity contribution in [1.82, 2.24) is 0 Å². The molecule has 10 rings (SSSR count). The van der Waals surface area contributed by atoms with Crippen molar-refractivity contribution < 1.29 is 0 Å². The van der Waals surface area contributed by atoms with Gasteiger partial charge in [0.25, 0.3) is 6.71 Å². The van der Waals surface area contributed by atoms with E-state index in [1.807, 2.05) is 0 Å². The zero-order valence-corrected chi connectivity index (χ0v) is 42.8. The van der Waals surface area contributed by atoms with Gasteiger partial charge in [0, 0.05) is 39.4 Å². The number of fused-ring (bicyclic) bond motifs is 5. The summed E-state index contributed by atoms with van der Waals surface area (Å²) in [6.45, 7) is 33.4. The van der Waals surface area contributed by atoms with E-state index in [4.69, 9.17) is 0 Å². The van der Waals surface area contributed by atoms with E-state index in [-0.39, 0.29) is 33.8 Å². The van der Waals surface area contributed by atoms with Gasteiger partial charge in [0.2, 0.25) is 0 Å². The predicted octanol–water partition coefficient (Wildman–Crippen LogP) is 15.8. The molecule has 340 valence electrons. The number of hydrogen-bond acceptors (Lipinski definition) is 2. The minimum Gasteiger partial charge on any atom is -0.311 e. The summed E-state index contributed by atoms with van der Waals surface area (Å²) >= 11 is 0. The molecular weight excluding hydrogens is 808 g/mol. The molecule has 0 amide bonds. The first kappa shape index (κ1) is 45.0. The number of hydrogen-bond donors (Lipinski definition) is 0. The van der Waals surface area contributed by atoms with Crippen LogP contribution in [0.25, 0.3) is 11.1 Å². The topological polar surface area (TPSA) is 6.48 Å². The highest BCUT2D eigenvalue weighted by Crippen LogP contribution is 2.52. The van der Waals surface area contributed by atoms with E-state index in [1.165, 1.54) is 101 Å². The predicted molar refractivity (Wildman–Crippen MR) is 291 cm³/mol. The van der Waals surface area contributed by atoms with Gasteiger partial charge in [-0.1, -0.05) is 194 Å². The first-order valence-corrected chi connectivity index (χ1v) is 25.0. The largest absolute Gasteiger partial charge is 0.311 e. The van der Waals surface area contributed by atoms with Crippen molar-refractivity contribution in [2.45, 2.75) is 143 Å². The Hall–Kier alpha value is -5.80. The SMILES string of the molecule is CC(C)c1cc2c3c(c1)N(c1ccc(C(C)(C)C)cc1-c1ccccc1)c1cc4c(cc1B3c1cc(C(C)(C)c3ccccc3)ccc1N2c1ccc(C(C)(C)C)cc1)C(C)(C)CCC4(C)C. The van der Waals surface area contributed by atoms with E-state index < -0.39 is 0 Å². The Morgan fingerprint density at radius 2 is 0.985 bits per heavy atom. The lowest BCUT2D eigenvalue weighted by atomic mass is 9.32. The Bertz CT molecular complexity index is 3030. The molecule has 3 heteroatoms. The number of benzene rings is 7. The third-order valence-corrected chi connectivity index (χ3v) is 16.1. The fraction of sp³-hybridized carbons (Fsp3) is 0.344. The summed E-state index contributed by atoms with van der Waals surface area (Å²) in [5, 5.41) is 0. The molecule has 0 unspecified atom stereocenters. The summed E-state index contributed by atoms with van der Waals surface area (Å²) in [4.78, 5) is 5.31. The molecular formula is C64H71BN2. The normalized spacial score (nSPS) is 16.1. The molecule has 0 N–H and O–H groups in total. The maximum Gasteiger partial charge on any atom is 0.252 e. The lowest BCUT2D eigenvalue weighted by Gasteiger charge is -2.48. The molecule has 1 aliphatic carbocycles. The minimum atomic E-state index is -0.217. The Morgan fingerprint density at radius 1 is 0.463 bits per heavy atom. The molecule has 0 atom stereocenters. The van der Waals surface area contributed by atoms with Crippen LogP contribution in [0.3, 0.4) is 0 Å². The summed E-state index contributed by atoms with van der Waals surface area (Å²) in [5.41, 5.74) is 23.7. The van der Waals surface area contributed by atoms with Crippen molar-refractivity contribution in [3.63, 3.8) is 0 Å². The van der Waals surface area contributed by atoms with Gasteiger partial charge in [-0.2, -0.15) is 0 Å². The van der Waals surface area contributed by atoms with Gasteiger partial charge >= 0.3 is 0 Å². The second kappa shape index (κ2) is 15.6. The van der Waals surface area contributed by atoms with Crippen LogP contribution in [0.4, 0.5) is 34.1 Å². The van der Waals surface area contributed by atoms with E-state index >= 15 is 0 Å². The summed E-state index contributed by atoms with van der Waals surface area (Å²) in [6, 6.07) is 56.9. The zero-order valence-electron chi connectivity index (χ0n) is 42.8. The quantitative estimate of drug-likeness (QED) is 0.154. The molecule has 3 aliphatic rings. The van der Waals surface area contributed by atoms with Crippen molar-refractivity contribution in [2.24, 2.45) is 0 Å². The molecule has 7 aromatic carbocycles. The zero-order chi connectivity index (χ0) is 47.6. The van der Waals surface area contributed by atoms with Gasteiger partial charge in [-0.25, -0.2) is 0 Å². The smallest absolute Gasteiger partial charge is 0.252 e. The highest BCUT2D eigenvalue weighted by molar-refractivity contribution is 7.00. The molecule has 2 aliphatic heterocycles. The molecule has 0 spiro atoms. The van der Waals surface area contributed by atoms with Crippen molar-refractivity contribution in [1.29, 1.82) is 0 Å². The minimum absolute atomic E-state index is 0.00393. The van der Waals surface area contributed by atoms with Crippen LogP contribution in [0.5, 0.6) is 0 Å². The van der Waals surface area contributed by atoms with E-state index in [9.17, 15) is 0 Å². The van der Waals surface area contributed by atoms with Gasteiger partial charge in [0.1, 0.15) is 0 Å². The van der Waals surface area contributed by atoms with Gasteiger partial charge in [0.05, 0.1) is 5.69 Å². The Kier molecular flexibility index (Phi) is 10.5. The molecule has 7 aromatic rings. The lowest BCUT2D eigenvalue weighted by molar-refractivity contribution is 0.332. The molecule has 0 bridgehead atoms. The van der Waals surface area contributed by atoms with Crippen molar-refractivity contribution >= 4 is 57.2 Å². The van der Waals surface area contributed by atoms with Crippen LogP contribution >= 0.6 is 0 Å². The molecule has 2 heterocycles. The first-order valence-electron chi connectivity index (χ1n) is 25.0. The third kappa shape index (κ3) is 7.47. The molecule has 0 saturated heterocycles. The fourth-order valence-electron chi connectivity index (χ4n) is 11.5. The van der Waals surface area contributed by atoms with E-state index in [2.05, 4.69) is 252 Å². The maximum atomic E-state index is 2.70. The van der Waals surface area contributed by atoms with Gasteiger partial charge in [0.15, 0.2) is 0 Å². The molecule has 0 radical (unpaired) electrons. The molecule has 0 fully saturated rings. The van der Waals surface area contributed by atoms with Crippen molar-refractivity contribution in [3.05, 3.63) is 185 Å². The molecule has 67 heavy (non-hydrogen) atoms. The van der Waals surface area contributed by atoms with Gasteiger partial charge in [-0.15, -0.1) is 0 Å². The Morgan fingerprint density at radius 3 is 1.58 bits per heavy atom. The number of nitrogens with zero attached hydrogens (tertiary/aromatic N) is 2. The van der Waals surface area contributed by atoms with Crippen molar-refractivity contribution in [2.75, 3.05) is 9.80 Å². The second-order valence-corrected chi connectivity index (χ2v) is 24.4. The monoisotopic (exact) mass is 879 g/mol. The van der Waals surface area contributed by atoms with E-state index in [0.29, 0.717) is 5.92 Å². The molecule has 0 saturated carbocycles. The maximum absolute atomic E-state index is 2.70. The summed E-state index contributed by atoms with van der Waals surface area (Å²) < 4.78 is 0. The summed E-state index contributed by atoms with van der Waals surface area (Å²) in [5.74, 6) is 0.309. The average molecular weight is 879 g/mol. The third-order valence-electron chi connectivity index (χ3n) is 16.1. The van der Waals surface area contributed by atoms with Crippen LogP contribution in [0.2, 0.25) is 0 Å². The highest BCUT2D eigenvalue weighted by Gasteiger charge is 2.47. The lowest BCUT2D eigenvalue weighted by Crippen LogP contribution is -2.62. The van der Waals surface area contributed by atoms with Crippen LogP contribution in [0, 0.1) is 0 Å². The number of anilines is 6. The van der Waals surface area contributed by atoms with E-state index in [1.54, 1.807) is 0 Å². The molecule has 0 aromatic heterocycles. The van der Waals surface area contributed by atoms with Gasteiger partial charge in [-0.3, -0.25) is 0 Å². The summed E-state index contributed by atoms with van der Waals surface area (Å²) in [6.07, 6.45) is 2.32. The molecule has 2 nitrogen and oxygen atoms in total. The Balaban J connectivity index is 1.36. The summed E-state index contributed by atoms with van der Waals surface area (Å²) in [7, 11) is 0. The van der Waals surface area contributed by atoms with Crippen LogP contribution in [0.15, 0.2) is 146 Å². The highest BCUT2D eigenvalue weighted by atomic mass is 15.2. The van der Waals surface area contributed by atoms with Crippen LogP contribution < -0.4 is 26.2 Å². The number of rotatable bonds is 6. The first-order chi connectivity index (χ1) is 31.6. The van der Waals surface area contributed by atoms with Crippen molar-refractivity contribution in [3.8, 4) is 11.1 Å². The van der Waals surface area contributed by atoms with Gasteiger partial charge in [-0.05, 0) is 150 Å². The standard InChI is InChI=1S/C64H71BN2/c1-41(2)43-35-57-59-58(36-43)67(54-31-27-46(61(6,7)8)37-49(54)42-21-17-15-18-22-42)56-40-51-50(62(9,10)33-34-63(51,11)12)39-53(56)65(59)52-38-47(64(13,14)45-23-19-16-20-24-45)28-32-55(52)66(57)48-29-25-44(26-30-48)60(3,4)5/h15-32,35-41H,33-34H2,1-14H3. The second-order valence-electron chi connectivity index (χ2n) is 24.4.